The highest BCUT2D eigenvalue weighted by Gasteiger charge is 2.24. The second-order valence-corrected chi connectivity index (χ2v) is 8.19. The average molecular weight is 431 g/mol. The number of anilines is 2. The number of morpholine rings is 1. The molecular formula is C24H31ClN2O3. The van der Waals surface area contributed by atoms with Crippen LogP contribution in [0.4, 0.5) is 11.4 Å². The fraction of sp³-hybridized carbons (Fsp3) is 0.458. The molecule has 1 fully saturated rings. The van der Waals surface area contributed by atoms with Crippen LogP contribution in [0.3, 0.4) is 0 Å². The van der Waals surface area contributed by atoms with Gasteiger partial charge in [-0.1, -0.05) is 37.6 Å². The highest BCUT2D eigenvalue weighted by molar-refractivity contribution is 6.30. The zero-order valence-electron chi connectivity index (χ0n) is 17.7. The molecule has 0 bridgehead atoms. The van der Waals surface area contributed by atoms with E-state index >= 15 is 0 Å². The minimum absolute atomic E-state index is 0.00854. The van der Waals surface area contributed by atoms with Crippen molar-refractivity contribution in [3.8, 4) is 0 Å². The van der Waals surface area contributed by atoms with E-state index in [2.05, 4.69) is 35.3 Å². The predicted octanol–water partition coefficient (Wildman–Crippen LogP) is 5.84. The third-order valence-electron chi connectivity index (χ3n) is 5.82. The quantitative estimate of drug-likeness (QED) is 0.523. The van der Waals surface area contributed by atoms with E-state index in [0.29, 0.717) is 5.02 Å². The number of hydrogen-bond acceptors (Lipinski definition) is 4. The second-order valence-electron chi connectivity index (χ2n) is 7.75. The van der Waals surface area contributed by atoms with Gasteiger partial charge in [-0.15, -0.1) is 0 Å². The summed E-state index contributed by atoms with van der Waals surface area (Å²) >= 11 is 6.05. The number of halogens is 1. The first-order chi connectivity index (χ1) is 14.5. The number of hydrogen-bond donors (Lipinski definition) is 2. The van der Waals surface area contributed by atoms with E-state index in [1.807, 2.05) is 31.2 Å². The lowest BCUT2D eigenvalue weighted by Gasteiger charge is -2.35. The molecule has 0 aromatic heterocycles. The Balaban J connectivity index is 1.98. The van der Waals surface area contributed by atoms with Crippen LogP contribution in [0.2, 0.25) is 5.02 Å². The van der Waals surface area contributed by atoms with Crippen LogP contribution >= 0.6 is 11.6 Å². The molecule has 6 heteroatoms. The van der Waals surface area contributed by atoms with Crippen molar-refractivity contribution in [2.45, 2.75) is 45.1 Å². The maximum absolute atomic E-state index is 11.3. The smallest absolute Gasteiger partial charge is 0.303 e. The Morgan fingerprint density at radius 3 is 2.43 bits per heavy atom. The van der Waals surface area contributed by atoms with Crippen LogP contribution in [0, 0.1) is 0 Å². The predicted molar refractivity (Wildman–Crippen MR) is 122 cm³/mol. The van der Waals surface area contributed by atoms with Gasteiger partial charge >= 0.3 is 5.97 Å². The van der Waals surface area contributed by atoms with Crippen LogP contribution in [0.15, 0.2) is 42.5 Å². The van der Waals surface area contributed by atoms with Gasteiger partial charge in [-0.25, -0.2) is 0 Å². The summed E-state index contributed by atoms with van der Waals surface area (Å²) in [6.07, 6.45) is 1.91. The Labute approximate surface area is 184 Å². The van der Waals surface area contributed by atoms with Gasteiger partial charge in [0, 0.05) is 35.5 Å². The van der Waals surface area contributed by atoms with E-state index in [-0.39, 0.29) is 18.4 Å². The van der Waals surface area contributed by atoms with E-state index in [0.717, 1.165) is 56.1 Å². The number of carboxylic acid groups (broad SMARTS) is 1. The molecule has 162 valence electrons. The molecule has 0 unspecified atom stereocenters. The zero-order valence-corrected chi connectivity index (χ0v) is 18.5. The number of nitrogens with zero attached hydrogens (tertiary/aromatic N) is 1. The number of carboxylic acids is 1. The lowest BCUT2D eigenvalue weighted by Crippen LogP contribution is -2.39. The van der Waals surface area contributed by atoms with E-state index < -0.39 is 5.97 Å². The SMILES string of the molecule is CC[C@@H](CC(=O)O)c1ccc([C@@H](CC)N2CCOCC2)c(Nc2ccc(Cl)cc2)c1. The van der Waals surface area contributed by atoms with Crippen LogP contribution in [0.25, 0.3) is 0 Å². The maximum Gasteiger partial charge on any atom is 0.303 e. The first kappa shape index (κ1) is 22.6. The molecule has 2 aromatic rings. The van der Waals surface area contributed by atoms with Crippen molar-refractivity contribution in [2.24, 2.45) is 0 Å². The fourth-order valence-electron chi connectivity index (χ4n) is 4.19. The summed E-state index contributed by atoms with van der Waals surface area (Å²) in [6, 6.07) is 14.3. The average Bonchev–Trinajstić information content (AvgIpc) is 2.76. The first-order valence-electron chi connectivity index (χ1n) is 10.7. The Bertz CT molecular complexity index is 835. The van der Waals surface area contributed by atoms with Gasteiger partial charge in [0.15, 0.2) is 0 Å². The molecule has 1 aliphatic rings. The fourth-order valence-corrected chi connectivity index (χ4v) is 4.31. The number of benzene rings is 2. The number of carbonyl (C=O) groups is 1. The van der Waals surface area contributed by atoms with Crippen molar-refractivity contribution in [2.75, 3.05) is 31.6 Å². The third kappa shape index (κ3) is 5.75. The standard InChI is InChI=1S/C24H31ClN2O3/c1-3-17(16-24(28)29)18-5-10-21(23(4-2)27-11-13-30-14-12-27)22(15-18)26-20-8-6-19(25)7-9-20/h5-10,15,17,23,26H,3-4,11-14,16H2,1-2H3,(H,28,29)/t17-,23+/m0/s1. The Morgan fingerprint density at radius 1 is 1.13 bits per heavy atom. The van der Waals surface area contributed by atoms with Crippen LogP contribution in [0.5, 0.6) is 0 Å². The molecule has 5 nitrogen and oxygen atoms in total. The lowest BCUT2D eigenvalue weighted by molar-refractivity contribution is -0.137. The number of aliphatic carboxylic acids is 1. The molecule has 0 aliphatic carbocycles. The molecule has 1 saturated heterocycles. The Kier molecular flexibility index (Phi) is 8.14. The minimum Gasteiger partial charge on any atom is -0.481 e. The summed E-state index contributed by atoms with van der Waals surface area (Å²) < 4.78 is 5.54. The van der Waals surface area contributed by atoms with Crippen molar-refractivity contribution in [1.82, 2.24) is 4.90 Å². The molecule has 2 N–H and O–H groups in total. The van der Waals surface area contributed by atoms with E-state index in [1.165, 1.54) is 5.56 Å². The van der Waals surface area contributed by atoms with Crippen molar-refractivity contribution >= 4 is 28.9 Å². The lowest BCUT2D eigenvalue weighted by atomic mass is 9.90. The number of rotatable bonds is 9. The highest BCUT2D eigenvalue weighted by Crippen LogP contribution is 2.36. The molecule has 0 spiro atoms. The maximum atomic E-state index is 11.3. The summed E-state index contributed by atoms with van der Waals surface area (Å²) in [7, 11) is 0. The molecule has 2 aromatic carbocycles. The summed E-state index contributed by atoms with van der Waals surface area (Å²) in [4.78, 5) is 13.8. The molecule has 3 rings (SSSR count). The van der Waals surface area contributed by atoms with Gasteiger partial charge in [0.05, 0.1) is 19.6 Å². The van der Waals surface area contributed by atoms with Crippen LogP contribution in [0.1, 0.15) is 56.2 Å². The minimum atomic E-state index is -0.766. The molecule has 30 heavy (non-hydrogen) atoms. The van der Waals surface area contributed by atoms with Crippen LogP contribution < -0.4 is 5.32 Å². The molecule has 0 radical (unpaired) electrons. The third-order valence-corrected chi connectivity index (χ3v) is 6.07. The van der Waals surface area contributed by atoms with Crippen molar-refractivity contribution in [3.05, 3.63) is 58.6 Å². The summed E-state index contributed by atoms with van der Waals surface area (Å²) in [5, 5.41) is 13.6. The molecule has 1 heterocycles. The van der Waals surface area contributed by atoms with Crippen molar-refractivity contribution < 1.29 is 14.6 Å². The summed E-state index contributed by atoms with van der Waals surface area (Å²) in [5.41, 5.74) is 4.26. The zero-order chi connectivity index (χ0) is 21.5. The Morgan fingerprint density at radius 2 is 1.83 bits per heavy atom. The van der Waals surface area contributed by atoms with Crippen molar-refractivity contribution in [1.29, 1.82) is 0 Å². The molecule has 2 atom stereocenters. The van der Waals surface area contributed by atoms with Gasteiger partial charge in [0.25, 0.3) is 0 Å². The van der Waals surface area contributed by atoms with Gasteiger partial charge in [-0.2, -0.15) is 0 Å². The monoisotopic (exact) mass is 430 g/mol. The van der Waals surface area contributed by atoms with E-state index in [4.69, 9.17) is 16.3 Å². The Hall–Kier alpha value is -2.08. The first-order valence-corrected chi connectivity index (χ1v) is 11.1. The molecule has 0 saturated carbocycles. The van der Waals surface area contributed by atoms with Crippen molar-refractivity contribution in [3.63, 3.8) is 0 Å². The molecule has 0 amide bonds. The topological polar surface area (TPSA) is 61.8 Å². The van der Waals surface area contributed by atoms with Crippen LogP contribution in [-0.4, -0.2) is 42.3 Å². The van der Waals surface area contributed by atoms with Gasteiger partial charge < -0.3 is 15.2 Å². The largest absolute Gasteiger partial charge is 0.481 e. The number of ether oxygens (including phenoxy) is 1. The molecule has 1 aliphatic heterocycles. The van der Waals surface area contributed by atoms with Gasteiger partial charge in [-0.05, 0) is 60.2 Å². The van der Waals surface area contributed by atoms with Crippen LogP contribution in [-0.2, 0) is 9.53 Å². The normalized spacial score (nSPS) is 16.8. The van der Waals surface area contributed by atoms with E-state index in [1.54, 1.807) is 0 Å². The molecular weight excluding hydrogens is 400 g/mol. The number of nitrogens with one attached hydrogen (secondary N) is 1. The summed E-state index contributed by atoms with van der Waals surface area (Å²) in [5.74, 6) is -0.774. The van der Waals surface area contributed by atoms with Gasteiger partial charge in [-0.3, -0.25) is 9.69 Å². The summed E-state index contributed by atoms with van der Waals surface area (Å²) in [6.45, 7) is 7.58. The second kappa shape index (κ2) is 10.8. The van der Waals surface area contributed by atoms with Gasteiger partial charge in [0.2, 0.25) is 0 Å². The highest BCUT2D eigenvalue weighted by atomic mass is 35.5. The van der Waals surface area contributed by atoms with Gasteiger partial charge in [0.1, 0.15) is 0 Å². The van der Waals surface area contributed by atoms with E-state index in [9.17, 15) is 9.90 Å².